The van der Waals surface area contributed by atoms with Crippen LogP contribution in [0.1, 0.15) is 27.2 Å². The Labute approximate surface area is 82.8 Å². The van der Waals surface area contributed by atoms with E-state index in [1.807, 2.05) is 0 Å². The topological polar surface area (TPSA) is 0 Å². The van der Waals surface area contributed by atoms with Crippen LogP contribution in [0.5, 0.6) is 0 Å². The molecule has 0 unspecified atom stereocenters. The molecule has 0 saturated carbocycles. The highest BCUT2D eigenvalue weighted by molar-refractivity contribution is 9.01. The zero-order valence-electron chi connectivity index (χ0n) is 7.29. The monoisotopic (exact) mass is 226 g/mol. The van der Waals surface area contributed by atoms with Gasteiger partial charge in [0.1, 0.15) is 0 Å². The van der Waals surface area contributed by atoms with Crippen LogP contribution in [-0.2, 0) is 11.8 Å². The van der Waals surface area contributed by atoms with Gasteiger partial charge < -0.3 is 0 Å². The van der Waals surface area contributed by atoms with Crippen LogP contribution in [0.2, 0.25) is 0 Å². The second-order valence-electron chi connectivity index (χ2n) is 3.69. The normalized spacial score (nSPS) is 25.0. The van der Waals surface area contributed by atoms with E-state index in [1.165, 1.54) is 17.9 Å². The fraction of sp³-hybridized carbons (Fsp3) is 1.00. The molecule has 0 N–H and O–H groups in total. The SMILES string of the molecule is CC(C)(C)P1(=S)SCCCS1. The molecule has 4 heteroatoms. The van der Waals surface area contributed by atoms with Crippen molar-refractivity contribution in [1.29, 1.82) is 0 Å². The summed E-state index contributed by atoms with van der Waals surface area (Å²) in [6, 6.07) is 0. The van der Waals surface area contributed by atoms with Gasteiger partial charge in [-0.05, 0) is 17.9 Å². The van der Waals surface area contributed by atoms with Crippen LogP contribution in [0.15, 0.2) is 0 Å². The second-order valence-corrected chi connectivity index (χ2v) is 15.9. The summed E-state index contributed by atoms with van der Waals surface area (Å²) in [5.41, 5.74) is 0. The van der Waals surface area contributed by atoms with Gasteiger partial charge in [-0.25, -0.2) is 0 Å². The third kappa shape index (κ3) is 2.40. The predicted molar refractivity (Wildman–Crippen MR) is 63.6 cm³/mol. The zero-order valence-corrected chi connectivity index (χ0v) is 10.6. The average Bonchev–Trinajstić information content (AvgIpc) is 1.87. The Kier molecular flexibility index (Phi) is 3.42. The maximum Gasteiger partial charge on any atom is 0.0623 e. The first kappa shape index (κ1) is 10.4. The van der Waals surface area contributed by atoms with Crippen LogP contribution in [0.25, 0.3) is 0 Å². The Hall–Kier alpha value is 1.35. The van der Waals surface area contributed by atoms with E-state index >= 15 is 0 Å². The summed E-state index contributed by atoms with van der Waals surface area (Å²) in [5.74, 6) is 2.59. The maximum absolute atomic E-state index is 5.73. The van der Waals surface area contributed by atoms with Crippen molar-refractivity contribution in [2.75, 3.05) is 11.5 Å². The summed E-state index contributed by atoms with van der Waals surface area (Å²) >= 11 is 9.85. The van der Waals surface area contributed by atoms with Crippen molar-refractivity contribution in [1.82, 2.24) is 0 Å². The molecule has 0 aromatic carbocycles. The van der Waals surface area contributed by atoms with E-state index < -0.39 is 4.44 Å². The molecule has 0 aliphatic carbocycles. The van der Waals surface area contributed by atoms with Gasteiger partial charge in [0, 0.05) is 5.16 Å². The molecular weight excluding hydrogens is 211 g/mol. The van der Waals surface area contributed by atoms with E-state index in [-0.39, 0.29) is 0 Å². The summed E-state index contributed by atoms with van der Waals surface area (Å²) in [4.78, 5) is 0. The highest BCUT2D eigenvalue weighted by atomic mass is 33.2. The second kappa shape index (κ2) is 3.61. The van der Waals surface area contributed by atoms with Crippen LogP contribution in [-0.4, -0.2) is 16.7 Å². The summed E-state index contributed by atoms with van der Waals surface area (Å²) in [6.45, 7) is 6.87. The van der Waals surface area contributed by atoms with Crippen molar-refractivity contribution in [3.63, 3.8) is 0 Å². The molecule has 1 aliphatic heterocycles. The molecule has 0 spiro atoms. The van der Waals surface area contributed by atoms with E-state index in [9.17, 15) is 0 Å². The standard InChI is InChI=1S/C7H15PS3/c1-7(2,3)8(9)10-5-4-6-11-8/h4-6H2,1-3H3. The Morgan fingerprint density at radius 3 is 1.91 bits per heavy atom. The molecule has 0 aromatic heterocycles. The molecule has 11 heavy (non-hydrogen) atoms. The lowest BCUT2D eigenvalue weighted by Gasteiger charge is -2.36. The minimum absolute atomic E-state index is 0.359. The molecule has 0 atom stereocenters. The molecule has 1 saturated heterocycles. The predicted octanol–water partition coefficient (Wildman–Crippen LogP) is 3.96. The molecule has 0 amide bonds. The first-order valence-electron chi connectivity index (χ1n) is 3.85. The lowest BCUT2D eigenvalue weighted by atomic mass is 10.3. The third-order valence-corrected chi connectivity index (χ3v) is 16.8. The van der Waals surface area contributed by atoms with Crippen molar-refractivity contribution in [2.24, 2.45) is 0 Å². The van der Waals surface area contributed by atoms with E-state index in [0.717, 1.165) is 0 Å². The van der Waals surface area contributed by atoms with Crippen molar-refractivity contribution < 1.29 is 0 Å². The molecule has 1 rings (SSSR count). The summed E-state index contributed by atoms with van der Waals surface area (Å²) in [5, 5.41) is 0.359. The van der Waals surface area contributed by atoms with Crippen molar-refractivity contribution >= 4 is 39.0 Å². The van der Waals surface area contributed by atoms with Crippen LogP contribution >= 0.6 is 27.2 Å². The third-order valence-electron chi connectivity index (χ3n) is 1.63. The van der Waals surface area contributed by atoms with Crippen LogP contribution in [0.4, 0.5) is 0 Å². The van der Waals surface area contributed by atoms with Gasteiger partial charge in [0.2, 0.25) is 0 Å². The molecular formula is C7H15PS3. The van der Waals surface area contributed by atoms with Gasteiger partial charge in [-0.2, -0.15) is 0 Å². The largest absolute Gasteiger partial charge is 0.113 e. The average molecular weight is 226 g/mol. The molecule has 1 aliphatic rings. The fourth-order valence-electron chi connectivity index (χ4n) is 0.853. The van der Waals surface area contributed by atoms with Crippen LogP contribution in [0, 0.1) is 0 Å². The molecule has 0 nitrogen and oxygen atoms in total. The van der Waals surface area contributed by atoms with E-state index in [2.05, 4.69) is 43.5 Å². The molecule has 0 radical (unpaired) electrons. The van der Waals surface area contributed by atoms with Gasteiger partial charge in [0.05, 0.1) is 4.44 Å². The number of hydrogen-bond donors (Lipinski definition) is 0. The fourth-order valence-corrected chi connectivity index (χ4v) is 11.0. The summed E-state index contributed by atoms with van der Waals surface area (Å²) in [7, 11) is 0. The summed E-state index contributed by atoms with van der Waals surface area (Å²) < 4.78 is -1.13. The first-order valence-corrected chi connectivity index (χ1v) is 9.83. The van der Waals surface area contributed by atoms with Crippen molar-refractivity contribution in [3.05, 3.63) is 0 Å². The number of rotatable bonds is 0. The van der Waals surface area contributed by atoms with Gasteiger partial charge in [-0.15, -0.1) is 22.8 Å². The Morgan fingerprint density at radius 1 is 1.18 bits per heavy atom. The molecule has 66 valence electrons. The van der Waals surface area contributed by atoms with Crippen molar-refractivity contribution in [2.45, 2.75) is 32.3 Å². The first-order chi connectivity index (χ1) is 4.96. The highest BCUT2D eigenvalue weighted by Gasteiger charge is 2.34. The smallest absolute Gasteiger partial charge is 0.0623 e. The van der Waals surface area contributed by atoms with Gasteiger partial charge in [0.15, 0.2) is 0 Å². The van der Waals surface area contributed by atoms with Crippen LogP contribution in [0.3, 0.4) is 0 Å². The Bertz CT molecular complexity index is 173. The highest BCUT2D eigenvalue weighted by Crippen LogP contribution is 2.78. The lowest BCUT2D eigenvalue weighted by molar-refractivity contribution is 0.798. The van der Waals surface area contributed by atoms with E-state index in [0.29, 0.717) is 5.16 Å². The Morgan fingerprint density at radius 2 is 1.64 bits per heavy atom. The van der Waals surface area contributed by atoms with Gasteiger partial charge in [-0.1, -0.05) is 32.6 Å². The van der Waals surface area contributed by atoms with E-state index in [4.69, 9.17) is 11.8 Å². The Balaban J connectivity index is 2.73. The maximum atomic E-state index is 5.73. The molecule has 1 fully saturated rings. The van der Waals surface area contributed by atoms with Gasteiger partial charge in [-0.3, -0.25) is 0 Å². The summed E-state index contributed by atoms with van der Waals surface area (Å²) in [6.07, 6.45) is 1.35. The minimum atomic E-state index is -1.13. The van der Waals surface area contributed by atoms with Crippen molar-refractivity contribution in [3.8, 4) is 0 Å². The molecule has 0 aromatic rings. The molecule has 1 heterocycles. The minimum Gasteiger partial charge on any atom is -0.113 e. The quantitative estimate of drug-likeness (QED) is 0.574. The molecule has 0 bridgehead atoms. The number of hydrogen-bond acceptors (Lipinski definition) is 3. The van der Waals surface area contributed by atoms with E-state index in [1.54, 1.807) is 0 Å². The van der Waals surface area contributed by atoms with Gasteiger partial charge in [0.25, 0.3) is 0 Å². The lowest BCUT2D eigenvalue weighted by Crippen LogP contribution is -2.13. The van der Waals surface area contributed by atoms with Gasteiger partial charge >= 0.3 is 0 Å². The zero-order chi connectivity index (χ0) is 8.54. The van der Waals surface area contributed by atoms with Crippen LogP contribution < -0.4 is 0 Å².